The first-order valence-electron chi connectivity index (χ1n) is 5.68. The minimum Gasteiger partial charge on any atom is -0.392 e. The molecule has 4 heteroatoms. The number of hydrogen-bond donors (Lipinski definition) is 1. The zero-order chi connectivity index (χ0) is 11.3. The summed E-state index contributed by atoms with van der Waals surface area (Å²) in [4.78, 5) is 13.7. The standard InChI is InChI=1S/C11H21NO2S/c1-9(13)10(2)15-8-11(14)12-6-4-3-5-7-12/h9-10,13H,3-8H2,1-2H3/t9-,10-/m1/s1. The van der Waals surface area contributed by atoms with Crippen LogP contribution in [-0.2, 0) is 4.79 Å². The van der Waals surface area contributed by atoms with E-state index in [1.165, 1.54) is 6.42 Å². The molecule has 0 saturated carbocycles. The number of thioether (sulfide) groups is 1. The number of piperidine rings is 1. The highest BCUT2D eigenvalue weighted by atomic mass is 32.2. The Kier molecular flexibility index (Phi) is 5.47. The molecule has 0 spiro atoms. The van der Waals surface area contributed by atoms with Gasteiger partial charge in [0.05, 0.1) is 11.9 Å². The fourth-order valence-corrected chi connectivity index (χ4v) is 2.44. The molecule has 0 aromatic rings. The van der Waals surface area contributed by atoms with Crippen LogP contribution in [-0.4, -0.2) is 46.1 Å². The SMILES string of the molecule is C[C@@H](O)[C@@H](C)SCC(=O)N1CCCCC1. The minimum absolute atomic E-state index is 0.138. The second-order valence-electron chi connectivity index (χ2n) is 4.20. The molecule has 0 radical (unpaired) electrons. The van der Waals surface area contributed by atoms with Crippen molar-refractivity contribution in [3.05, 3.63) is 0 Å². The molecular formula is C11H21NO2S. The molecule has 1 amide bonds. The van der Waals surface area contributed by atoms with Crippen molar-refractivity contribution in [2.45, 2.75) is 44.5 Å². The predicted molar refractivity (Wildman–Crippen MR) is 64.0 cm³/mol. The topological polar surface area (TPSA) is 40.5 Å². The van der Waals surface area contributed by atoms with Gasteiger partial charge >= 0.3 is 0 Å². The number of nitrogens with zero attached hydrogens (tertiary/aromatic N) is 1. The average molecular weight is 231 g/mol. The summed E-state index contributed by atoms with van der Waals surface area (Å²) in [5.74, 6) is 0.735. The van der Waals surface area contributed by atoms with Crippen molar-refractivity contribution >= 4 is 17.7 Å². The lowest BCUT2D eigenvalue weighted by molar-refractivity contribution is -0.129. The number of hydrogen-bond acceptors (Lipinski definition) is 3. The summed E-state index contributed by atoms with van der Waals surface area (Å²) >= 11 is 1.55. The van der Waals surface area contributed by atoms with E-state index in [-0.39, 0.29) is 17.3 Å². The van der Waals surface area contributed by atoms with Crippen LogP contribution < -0.4 is 0 Å². The van der Waals surface area contributed by atoms with E-state index in [9.17, 15) is 9.90 Å². The lowest BCUT2D eigenvalue weighted by Gasteiger charge is -2.27. The zero-order valence-corrected chi connectivity index (χ0v) is 10.4. The predicted octanol–water partition coefficient (Wildman–Crippen LogP) is 1.50. The van der Waals surface area contributed by atoms with Gasteiger partial charge in [0.2, 0.25) is 5.91 Å². The third-order valence-corrected chi connectivity index (χ3v) is 4.19. The van der Waals surface area contributed by atoms with Gasteiger partial charge in [0.15, 0.2) is 0 Å². The molecule has 0 bridgehead atoms. The van der Waals surface area contributed by atoms with Gasteiger partial charge in [-0.3, -0.25) is 4.79 Å². The number of aliphatic hydroxyl groups is 1. The molecule has 0 aliphatic carbocycles. The Bertz CT molecular complexity index is 203. The number of rotatable bonds is 4. The van der Waals surface area contributed by atoms with Crippen molar-refractivity contribution in [2.24, 2.45) is 0 Å². The second kappa shape index (κ2) is 6.38. The third-order valence-electron chi connectivity index (χ3n) is 2.86. The van der Waals surface area contributed by atoms with Crippen LogP contribution in [0.5, 0.6) is 0 Å². The van der Waals surface area contributed by atoms with Crippen molar-refractivity contribution in [3.63, 3.8) is 0 Å². The normalized spacial score (nSPS) is 21.1. The maximum atomic E-state index is 11.7. The largest absolute Gasteiger partial charge is 0.392 e. The molecule has 2 atom stereocenters. The highest BCUT2D eigenvalue weighted by Gasteiger charge is 2.18. The summed E-state index contributed by atoms with van der Waals surface area (Å²) in [6.07, 6.45) is 3.19. The van der Waals surface area contributed by atoms with Gasteiger partial charge < -0.3 is 10.0 Å². The van der Waals surface area contributed by atoms with Crippen molar-refractivity contribution in [2.75, 3.05) is 18.8 Å². The molecule has 3 nitrogen and oxygen atoms in total. The quantitative estimate of drug-likeness (QED) is 0.797. The van der Waals surface area contributed by atoms with Crippen LogP contribution in [0.25, 0.3) is 0 Å². The molecule has 1 rings (SSSR count). The van der Waals surface area contributed by atoms with E-state index >= 15 is 0 Å². The van der Waals surface area contributed by atoms with Crippen LogP contribution in [0.15, 0.2) is 0 Å². The number of likely N-dealkylation sites (tertiary alicyclic amines) is 1. The van der Waals surface area contributed by atoms with E-state index in [2.05, 4.69) is 0 Å². The van der Waals surface area contributed by atoms with Crippen molar-refractivity contribution < 1.29 is 9.90 Å². The van der Waals surface area contributed by atoms with Gasteiger partial charge in [0.1, 0.15) is 0 Å². The number of carbonyl (C=O) groups is 1. The molecule has 1 saturated heterocycles. The van der Waals surface area contributed by atoms with E-state index in [1.807, 2.05) is 11.8 Å². The second-order valence-corrected chi connectivity index (χ2v) is 5.56. The zero-order valence-electron chi connectivity index (χ0n) is 9.61. The molecule has 1 fully saturated rings. The Balaban J connectivity index is 2.22. The Morgan fingerprint density at radius 1 is 1.33 bits per heavy atom. The fourth-order valence-electron chi connectivity index (χ4n) is 1.58. The van der Waals surface area contributed by atoms with Gasteiger partial charge in [-0.25, -0.2) is 0 Å². The van der Waals surface area contributed by atoms with Gasteiger partial charge in [-0.05, 0) is 26.2 Å². The summed E-state index contributed by atoms with van der Waals surface area (Å²) in [7, 11) is 0. The summed E-state index contributed by atoms with van der Waals surface area (Å²) < 4.78 is 0. The Morgan fingerprint density at radius 3 is 2.47 bits per heavy atom. The van der Waals surface area contributed by atoms with E-state index < -0.39 is 0 Å². The van der Waals surface area contributed by atoms with Crippen molar-refractivity contribution in [1.29, 1.82) is 0 Å². The maximum absolute atomic E-state index is 11.7. The lowest BCUT2D eigenvalue weighted by Crippen LogP contribution is -2.37. The van der Waals surface area contributed by atoms with Crippen LogP contribution in [0.2, 0.25) is 0 Å². The maximum Gasteiger partial charge on any atom is 0.232 e. The molecule has 88 valence electrons. The number of carbonyl (C=O) groups excluding carboxylic acids is 1. The van der Waals surface area contributed by atoms with Gasteiger partial charge in [-0.15, -0.1) is 11.8 Å². The van der Waals surface area contributed by atoms with Gasteiger partial charge in [0, 0.05) is 18.3 Å². The van der Waals surface area contributed by atoms with Crippen LogP contribution in [0, 0.1) is 0 Å². The highest BCUT2D eigenvalue weighted by Crippen LogP contribution is 2.16. The van der Waals surface area contributed by atoms with Crippen LogP contribution in [0.3, 0.4) is 0 Å². The molecule has 1 aliphatic heterocycles. The smallest absolute Gasteiger partial charge is 0.232 e. The monoisotopic (exact) mass is 231 g/mol. The summed E-state index contributed by atoms with van der Waals surface area (Å²) in [6, 6.07) is 0. The molecule has 1 aliphatic rings. The highest BCUT2D eigenvalue weighted by molar-refractivity contribution is 8.00. The molecule has 0 aromatic heterocycles. The Labute approximate surface area is 96.2 Å². The van der Waals surface area contributed by atoms with Crippen LogP contribution >= 0.6 is 11.8 Å². The van der Waals surface area contributed by atoms with E-state index in [1.54, 1.807) is 18.7 Å². The summed E-state index contributed by atoms with van der Waals surface area (Å²) in [6.45, 7) is 5.56. The third kappa shape index (κ3) is 4.43. The van der Waals surface area contributed by atoms with Gasteiger partial charge in [0.25, 0.3) is 0 Å². The summed E-state index contributed by atoms with van der Waals surface area (Å²) in [5, 5.41) is 9.44. The Hall–Kier alpha value is -0.220. The van der Waals surface area contributed by atoms with Gasteiger partial charge in [-0.1, -0.05) is 6.92 Å². The van der Waals surface area contributed by atoms with Crippen molar-refractivity contribution in [1.82, 2.24) is 4.90 Å². The average Bonchev–Trinajstić information content (AvgIpc) is 2.26. The van der Waals surface area contributed by atoms with E-state index in [0.717, 1.165) is 25.9 Å². The van der Waals surface area contributed by atoms with Crippen LogP contribution in [0.4, 0.5) is 0 Å². The molecule has 0 unspecified atom stereocenters. The van der Waals surface area contributed by atoms with E-state index in [0.29, 0.717) is 5.75 Å². The molecule has 15 heavy (non-hydrogen) atoms. The first-order chi connectivity index (χ1) is 7.11. The van der Waals surface area contributed by atoms with Gasteiger partial charge in [-0.2, -0.15) is 0 Å². The van der Waals surface area contributed by atoms with E-state index in [4.69, 9.17) is 0 Å². The first kappa shape index (κ1) is 12.8. The number of aliphatic hydroxyl groups excluding tert-OH is 1. The van der Waals surface area contributed by atoms with Crippen LogP contribution in [0.1, 0.15) is 33.1 Å². The number of amides is 1. The molecule has 1 N–H and O–H groups in total. The fraction of sp³-hybridized carbons (Fsp3) is 0.909. The summed E-state index contributed by atoms with van der Waals surface area (Å²) in [5.41, 5.74) is 0. The minimum atomic E-state index is -0.343. The first-order valence-corrected chi connectivity index (χ1v) is 6.73. The van der Waals surface area contributed by atoms with Crippen molar-refractivity contribution in [3.8, 4) is 0 Å². The Morgan fingerprint density at radius 2 is 1.93 bits per heavy atom. The molecule has 0 aromatic carbocycles. The molecule has 1 heterocycles. The lowest BCUT2D eigenvalue weighted by atomic mass is 10.1. The molecular weight excluding hydrogens is 210 g/mol.